The molecule has 0 amide bonds. The SMILES string of the molecule is Cc1cc(C2CCNCC2)cnc1N.Cl. The average Bonchev–Trinajstić information content (AvgIpc) is 2.23. The Morgan fingerprint density at radius 2 is 2.07 bits per heavy atom. The molecule has 0 saturated carbocycles. The van der Waals surface area contributed by atoms with Crippen LogP contribution in [0.5, 0.6) is 0 Å². The van der Waals surface area contributed by atoms with Gasteiger partial charge in [-0.25, -0.2) is 4.98 Å². The predicted molar refractivity (Wildman–Crippen MR) is 65.5 cm³/mol. The number of rotatable bonds is 1. The van der Waals surface area contributed by atoms with Crippen LogP contribution in [0.2, 0.25) is 0 Å². The van der Waals surface area contributed by atoms with Crippen LogP contribution in [0, 0.1) is 6.92 Å². The summed E-state index contributed by atoms with van der Waals surface area (Å²) in [6, 6.07) is 2.18. The smallest absolute Gasteiger partial charge is 0.126 e. The first-order valence-corrected chi connectivity index (χ1v) is 5.20. The van der Waals surface area contributed by atoms with Crippen LogP contribution >= 0.6 is 12.4 Å². The van der Waals surface area contributed by atoms with Gasteiger partial charge in [-0.3, -0.25) is 0 Å². The number of nitrogens with two attached hydrogens (primary N) is 1. The topological polar surface area (TPSA) is 50.9 Å². The van der Waals surface area contributed by atoms with E-state index >= 15 is 0 Å². The van der Waals surface area contributed by atoms with Crippen molar-refractivity contribution in [1.82, 2.24) is 10.3 Å². The Morgan fingerprint density at radius 1 is 1.40 bits per heavy atom. The van der Waals surface area contributed by atoms with Crippen LogP contribution in [0.25, 0.3) is 0 Å². The Labute approximate surface area is 96.9 Å². The largest absolute Gasteiger partial charge is 0.383 e. The summed E-state index contributed by atoms with van der Waals surface area (Å²) < 4.78 is 0. The number of hydrogen-bond donors (Lipinski definition) is 2. The highest BCUT2D eigenvalue weighted by Gasteiger charge is 2.15. The molecule has 0 spiro atoms. The molecule has 1 aliphatic rings. The first-order chi connectivity index (χ1) is 6.77. The zero-order chi connectivity index (χ0) is 9.97. The van der Waals surface area contributed by atoms with E-state index in [0.717, 1.165) is 18.7 Å². The molecule has 3 N–H and O–H groups in total. The molecule has 15 heavy (non-hydrogen) atoms. The Morgan fingerprint density at radius 3 is 2.67 bits per heavy atom. The maximum absolute atomic E-state index is 5.69. The van der Waals surface area contributed by atoms with Gasteiger partial charge in [-0.2, -0.15) is 0 Å². The molecular weight excluding hydrogens is 210 g/mol. The number of nitrogens with zero attached hydrogens (tertiary/aromatic N) is 1. The summed E-state index contributed by atoms with van der Waals surface area (Å²) in [5.41, 5.74) is 8.14. The maximum atomic E-state index is 5.69. The Bertz CT molecular complexity index is 322. The zero-order valence-corrected chi connectivity index (χ0v) is 9.81. The lowest BCUT2D eigenvalue weighted by molar-refractivity contribution is 0.459. The van der Waals surface area contributed by atoms with Gasteiger partial charge in [0.05, 0.1) is 0 Å². The van der Waals surface area contributed by atoms with Crippen molar-refractivity contribution in [1.29, 1.82) is 0 Å². The van der Waals surface area contributed by atoms with Crippen molar-refractivity contribution in [2.75, 3.05) is 18.8 Å². The number of nitrogens with one attached hydrogen (secondary N) is 1. The van der Waals surface area contributed by atoms with Crippen LogP contribution in [0.3, 0.4) is 0 Å². The highest BCUT2D eigenvalue weighted by molar-refractivity contribution is 5.85. The van der Waals surface area contributed by atoms with Crippen LogP contribution in [0.1, 0.15) is 29.9 Å². The fraction of sp³-hybridized carbons (Fsp3) is 0.545. The molecule has 2 heterocycles. The number of aromatic nitrogens is 1. The number of nitrogen functional groups attached to an aromatic ring is 1. The summed E-state index contributed by atoms with van der Waals surface area (Å²) in [4.78, 5) is 4.21. The van der Waals surface area contributed by atoms with Gasteiger partial charge in [-0.1, -0.05) is 6.07 Å². The zero-order valence-electron chi connectivity index (χ0n) is 8.99. The standard InChI is InChI=1S/C11H17N3.ClH/c1-8-6-10(7-14-11(8)12)9-2-4-13-5-3-9;/h6-7,9,13H,2-5H2,1H3,(H2,12,14);1H. The molecule has 0 radical (unpaired) electrons. The van der Waals surface area contributed by atoms with Gasteiger partial charge in [0.25, 0.3) is 0 Å². The molecule has 1 aromatic heterocycles. The second-order valence-electron chi connectivity index (χ2n) is 4.00. The van der Waals surface area contributed by atoms with Crippen molar-refractivity contribution < 1.29 is 0 Å². The van der Waals surface area contributed by atoms with Gasteiger partial charge in [0.2, 0.25) is 0 Å². The van der Waals surface area contributed by atoms with Gasteiger partial charge in [0.15, 0.2) is 0 Å². The van der Waals surface area contributed by atoms with Gasteiger partial charge in [-0.15, -0.1) is 12.4 Å². The number of hydrogen-bond acceptors (Lipinski definition) is 3. The Balaban J connectivity index is 0.00000112. The molecule has 0 aromatic carbocycles. The quantitative estimate of drug-likeness (QED) is 0.770. The van der Waals surface area contributed by atoms with Gasteiger partial charge in [0, 0.05) is 6.20 Å². The third-order valence-corrected chi connectivity index (χ3v) is 2.95. The van der Waals surface area contributed by atoms with Gasteiger partial charge in [-0.05, 0) is 49.9 Å². The summed E-state index contributed by atoms with van der Waals surface area (Å²) in [5.74, 6) is 1.32. The first-order valence-electron chi connectivity index (χ1n) is 5.20. The van der Waals surface area contributed by atoms with Crippen molar-refractivity contribution in [2.45, 2.75) is 25.7 Å². The van der Waals surface area contributed by atoms with E-state index in [1.165, 1.54) is 18.4 Å². The highest BCUT2D eigenvalue weighted by Crippen LogP contribution is 2.25. The molecule has 0 unspecified atom stereocenters. The molecule has 3 nitrogen and oxygen atoms in total. The Kier molecular flexibility index (Phi) is 4.36. The fourth-order valence-corrected chi connectivity index (χ4v) is 1.99. The van der Waals surface area contributed by atoms with Crippen LogP contribution in [-0.4, -0.2) is 18.1 Å². The maximum Gasteiger partial charge on any atom is 0.126 e. The minimum absolute atomic E-state index is 0. The predicted octanol–water partition coefficient (Wildman–Crippen LogP) is 1.86. The molecule has 1 fully saturated rings. The summed E-state index contributed by atoms with van der Waals surface area (Å²) >= 11 is 0. The van der Waals surface area contributed by atoms with Crippen LogP contribution < -0.4 is 11.1 Å². The summed E-state index contributed by atoms with van der Waals surface area (Å²) in [6.45, 7) is 4.26. The van der Waals surface area contributed by atoms with E-state index in [-0.39, 0.29) is 12.4 Å². The van der Waals surface area contributed by atoms with Gasteiger partial charge >= 0.3 is 0 Å². The summed E-state index contributed by atoms with van der Waals surface area (Å²) in [5, 5.41) is 3.37. The molecule has 2 rings (SSSR count). The van der Waals surface area contributed by atoms with Crippen molar-refractivity contribution in [3.05, 3.63) is 23.4 Å². The van der Waals surface area contributed by atoms with Crippen molar-refractivity contribution >= 4 is 18.2 Å². The number of aryl methyl sites for hydroxylation is 1. The second-order valence-corrected chi connectivity index (χ2v) is 4.00. The third-order valence-electron chi connectivity index (χ3n) is 2.95. The number of anilines is 1. The highest BCUT2D eigenvalue weighted by atomic mass is 35.5. The van der Waals surface area contributed by atoms with Crippen LogP contribution in [-0.2, 0) is 0 Å². The third kappa shape index (κ3) is 2.83. The van der Waals surface area contributed by atoms with E-state index in [0.29, 0.717) is 11.7 Å². The van der Waals surface area contributed by atoms with E-state index in [1.807, 2.05) is 13.1 Å². The van der Waals surface area contributed by atoms with E-state index in [2.05, 4.69) is 16.4 Å². The normalized spacial score (nSPS) is 17.1. The van der Waals surface area contributed by atoms with E-state index in [4.69, 9.17) is 5.73 Å². The Hall–Kier alpha value is -0.800. The minimum atomic E-state index is 0. The van der Waals surface area contributed by atoms with Crippen LogP contribution in [0.15, 0.2) is 12.3 Å². The molecule has 1 aromatic rings. The summed E-state index contributed by atoms with van der Waals surface area (Å²) in [6.07, 6.45) is 4.36. The lowest BCUT2D eigenvalue weighted by Gasteiger charge is -2.23. The lowest BCUT2D eigenvalue weighted by Crippen LogP contribution is -2.26. The molecule has 0 atom stereocenters. The molecule has 4 heteroatoms. The number of halogens is 1. The van der Waals surface area contributed by atoms with E-state index in [1.54, 1.807) is 0 Å². The fourth-order valence-electron chi connectivity index (χ4n) is 1.99. The monoisotopic (exact) mass is 227 g/mol. The van der Waals surface area contributed by atoms with E-state index < -0.39 is 0 Å². The van der Waals surface area contributed by atoms with Gasteiger partial charge in [0.1, 0.15) is 5.82 Å². The summed E-state index contributed by atoms with van der Waals surface area (Å²) in [7, 11) is 0. The number of pyridine rings is 1. The average molecular weight is 228 g/mol. The first kappa shape index (κ1) is 12.3. The van der Waals surface area contributed by atoms with Gasteiger partial charge < -0.3 is 11.1 Å². The molecule has 84 valence electrons. The second kappa shape index (κ2) is 5.33. The van der Waals surface area contributed by atoms with E-state index in [9.17, 15) is 0 Å². The van der Waals surface area contributed by atoms with Crippen molar-refractivity contribution in [3.8, 4) is 0 Å². The van der Waals surface area contributed by atoms with Crippen molar-refractivity contribution in [2.24, 2.45) is 0 Å². The molecule has 0 bridgehead atoms. The minimum Gasteiger partial charge on any atom is -0.383 e. The molecule has 1 saturated heterocycles. The lowest BCUT2D eigenvalue weighted by atomic mass is 9.91. The number of piperidine rings is 1. The molecular formula is C11H18ClN3. The molecule has 0 aliphatic carbocycles. The van der Waals surface area contributed by atoms with Crippen molar-refractivity contribution in [3.63, 3.8) is 0 Å². The molecule has 1 aliphatic heterocycles. The van der Waals surface area contributed by atoms with Crippen LogP contribution in [0.4, 0.5) is 5.82 Å².